The van der Waals surface area contributed by atoms with E-state index < -0.39 is 21.5 Å². The Hall–Kier alpha value is -1.11. The lowest BCUT2D eigenvalue weighted by Crippen LogP contribution is -2.50. The van der Waals surface area contributed by atoms with E-state index >= 15 is 0 Å². The van der Waals surface area contributed by atoms with Gasteiger partial charge in [-0.05, 0) is 44.4 Å². The highest BCUT2D eigenvalue weighted by Gasteiger charge is 2.36. The molecule has 0 spiro atoms. The molecular weight excluding hydrogens is 290 g/mol. The lowest BCUT2D eigenvalue weighted by atomic mass is 9.80. The summed E-state index contributed by atoms with van der Waals surface area (Å²) in [6.45, 7) is 1.85. The van der Waals surface area contributed by atoms with Crippen LogP contribution in [0.4, 0.5) is 0 Å². The van der Waals surface area contributed by atoms with E-state index in [0.29, 0.717) is 0 Å². The zero-order valence-corrected chi connectivity index (χ0v) is 11.9. The summed E-state index contributed by atoms with van der Waals surface area (Å²) in [5.74, 6) is -1.19. The monoisotopic (exact) mass is 303 g/mol. The Labute approximate surface area is 116 Å². The number of benzene rings is 1. The standard InChI is InChI=1S/C12H14ClNO4S/c1-12(5-2-6-12)14-19(17,18)8-3-4-9(11(15)16)10(13)7-8/h3-4,7,14H,2,5-6H2,1H3,(H,15,16). The number of nitrogens with one attached hydrogen (secondary N) is 1. The fraction of sp³-hybridized carbons (Fsp3) is 0.417. The van der Waals surface area contributed by atoms with Gasteiger partial charge >= 0.3 is 5.97 Å². The van der Waals surface area contributed by atoms with Gasteiger partial charge in [0.05, 0.1) is 15.5 Å². The lowest BCUT2D eigenvalue weighted by Gasteiger charge is -2.38. The molecule has 19 heavy (non-hydrogen) atoms. The van der Waals surface area contributed by atoms with Crippen LogP contribution in [0.1, 0.15) is 36.5 Å². The molecule has 1 aliphatic carbocycles. The highest BCUT2D eigenvalue weighted by atomic mass is 35.5. The van der Waals surface area contributed by atoms with Gasteiger partial charge in [0.15, 0.2) is 0 Å². The molecule has 0 saturated heterocycles. The van der Waals surface area contributed by atoms with Gasteiger partial charge in [-0.1, -0.05) is 11.6 Å². The topological polar surface area (TPSA) is 83.5 Å². The van der Waals surface area contributed by atoms with Crippen LogP contribution in [0.3, 0.4) is 0 Å². The molecular formula is C12H14ClNO4S. The molecule has 0 radical (unpaired) electrons. The Morgan fingerprint density at radius 3 is 2.47 bits per heavy atom. The number of halogens is 1. The summed E-state index contributed by atoms with van der Waals surface area (Å²) in [5.41, 5.74) is -0.521. The van der Waals surface area contributed by atoms with Crippen molar-refractivity contribution in [2.75, 3.05) is 0 Å². The van der Waals surface area contributed by atoms with Crippen molar-refractivity contribution in [3.63, 3.8) is 0 Å². The Morgan fingerprint density at radius 2 is 2.05 bits per heavy atom. The predicted molar refractivity (Wildman–Crippen MR) is 71.0 cm³/mol. The molecule has 0 aromatic heterocycles. The lowest BCUT2D eigenvalue weighted by molar-refractivity contribution is 0.0697. The number of sulfonamides is 1. The van der Waals surface area contributed by atoms with Gasteiger partial charge in [0.2, 0.25) is 10.0 Å². The van der Waals surface area contributed by atoms with Crippen molar-refractivity contribution in [2.45, 2.75) is 36.6 Å². The summed E-state index contributed by atoms with van der Waals surface area (Å²) in [4.78, 5) is 10.8. The molecule has 0 bridgehead atoms. The number of carboxylic acid groups (broad SMARTS) is 1. The van der Waals surface area contributed by atoms with Gasteiger partial charge in [-0.15, -0.1) is 0 Å². The van der Waals surface area contributed by atoms with Crippen molar-refractivity contribution in [3.8, 4) is 0 Å². The van der Waals surface area contributed by atoms with Crippen LogP contribution in [0, 0.1) is 0 Å². The van der Waals surface area contributed by atoms with E-state index in [4.69, 9.17) is 16.7 Å². The van der Waals surface area contributed by atoms with E-state index in [-0.39, 0.29) is 15.5 Å². The second-order valence-electron chi connectivity index (χ2n) is 4.97. The first-order valence-corrected chi connectivity index (χ1v) is 7.66. The average Bonchev–Trinajstić information content (AvgIpc) is 2.25. The maximum absolute atomic E-state index is 12.2. The number of carboxylic acids is 1. The van der Waals surface area contributed by atoms with Crippen molar-refractivity contribution < 1.29 is 18.3 Å². The second kappa shape index (κ2) is 4.77. The van der Waals surface area contributed by atoms with E-state index in [1.165, 1.54) is 12.1 Å². The third-order valence-electron chi connectivity index (χ3n) is 3.32. The van der Waals surface area contributed by atoms with E-state index in [2.05, 4.69) is 4.72 Å². The van der Waals surface area contributed by atoms with Crippen LogP contribution in [0.5, 0.6) is 0 Å². The molecule has 0 atom stereocenters. The zero-order valence-electron chi connectivity index (χ0n) is 10.3. The number of hydrogen-bond donors (Lipinski definition) is 2. The van der Waals surface area contributed by atoms with Crippen LogP contribution < -0.4 is 4.72 Å². The molecule has 5 nitrogen and oxygen atoms in total. The molecule has 104 valence electrons. The average molecular weight is 304 g/mol. The van der Waals surface area contributed by atoms with Crippen LogP contribution in [0.15, 0.2) is 23.1 Å². The largest absolute Gasteiger partial charge is 0.478 e. The van der Waals surface area contributed by atoms with Gasteiger partial charge in [0.1, 0.15) is 0 Å². The highest BCUT2D eigenvalue weighted by Crippen LogP contribution is 2.33. The van der Waals surface area contributed by atoms with Crippen molar-refractivity contribution in [3.05, 3.63) is 28.8 Å². The fourth-order valence-electron chi connectivity index (χ4n) is 2.03. The number of carbonyl (C=O) groups is 1. The van der Waals surface area contributed by atoms with Gasteiger partial charge in [-0.3, -0.25) is 0 Å². The number of rotatable bonds is 4. The normalized spacial score (nSPS) is 17.8. The molecule has 1 aromatic rings. The van der Waals surface area contributed by atoms with Crippen LogP contribution in [0.25, 0.3) is 0 Å². The van der Waals surface area contributed by atoms with Crippen molar-refractivity contribution in [1.82, 2.24) is 4.72 Å². The van der Waals surface area contributed by atoms with Gasteiger partial charge in [-0.2, -0.15) is 0 Å². The Balaban J connectivity index is 2.31. The van der Waals surface area contributed by atoms with Crippen molar-refractivity contribution >= 4 is 27.6 Å². The van der Waals surface area contributed by atoms with Gasteiger partial charge in [0.25, 0.3) is 0 Å². The summed E-state index contributed by atoms with van der Waals surface area (Å²) in [7, 11) is -3.67. The molecule has 1 aliphatic rings. The van der Waals surface area contributed by atoms with Crippen LogP contribution in [-0.2, 0) is 10.0 Å². The third kappa shape index (κ3) is 2.91. The van der Waals surface area contributed by atoms with E-state index in [9.17, 15) is 13.2 Å². The summed E-state index contributed by atoms with van der Waals surface area (Å²) in [6, 6.07) is 3.61. The minimum atomic E-state index is -3.67. The van der Waals surface area contributed by atoms with Crippen LogP contribution in [0.2, 0.25) is 5.02 Å². The Morgan fingerprint density at radius 1 is 1.42 bits per heavy atom. The Bertz CT molecular complexity index is 623. The molecule has 0 aliphatic heterocycles. The smallest absolute Gasteiger partial charge is 0.337 e. The summed E-state index contributed by atoms with van der Waals surface area (Å²) >= 11 is 5.78. The van der Waals surface area contributed by atoms with Gasteiger partial charge < -0.3 is 5.11 Å². The number of hydrogen-bond acceptors (Lipinski definition) is 3. The minimum absolute atomic E-state index is 0.0179. The summed E-state index contributed by atoms with van der Waals surface area (Å²) < 4.78 is 26.9. The minimum Gasteiger partial charge on any atom is -0.478 e. The number of aromatic carboxylic acids is 1. The molecule has 0 unspecified atom stereocenters. The molecule has 2 N–H and O–H groups in total. The first kappa shape index (κ1) is 14.3. The van der Waals surface area contributed by atoms with Crippen LogP contribution >= 0.6 is 11.6 Å². The SMILES string of the molecule is CC1(NS(=O)(=O)c2ccc(C(=O)O)c(Cl)c2)CCC1. The third-order valence-corrected chi connectivity index (χ3v) is 5.27. The summed E-state index contributed by atoms with van der Waals surface area (Å²) in [5, 5.41) is 8.75. The van der Waals surface area contributed by atoms with Gasteiger partial charge in [-0.25, -0.2) is 17.9 Å². The molecule has 7 heteroatoms. The molecule has 2 rings (SSSR count). The van der Waals surface area contributed by atoms with Crippen LogP contribution in [-0.4, -0.2) is 25.0 Å². The maximum atomic E-state index is 12.2. The highest BCUT2D eigenvalue weighted by molar-refractivity contribution is 7.89. The first-order chi connectivity index (χ1) is 8.73. The van der Waals surface area contributed by atoms with E-state index in [1.54, 1.807) is 0 Å². The second-order valence-corrected chi connectivity index (χ2v) is 7.06. The quantitative estimate of drug-likeness (QED) is 0.893. The predicted octanol–water partition coefficient (Wildman–Crippen LogP) is 2.26. The first-order valence-electron chi connectivity index (χ1n) is 5.80. The van der Waals surface area contributed by atoms with Crippen molar-refractivity contribution in [1.29, 1.82) is 0 Å². The summed E-state index contributed by atoms with van der Waals surface area (Å²) in [6.07, 6.45) is 2.60. The fourth-order valence-corrected chi connectivity index (χ4v) is 3.85. The molecule has 1 aromatic carbocycles. The Kier molecular flexibility index (Phi) is 3.59. The molecule has 1 fully saturated rings. The van der Waals surface area contributed by atoms with Gasteiger partial charge in [0, 0.05) is 5.54 Å². The molecule has 1 saturated carbocycles. The molecule has 0 heterocycles. The maximum Gasteiger partial charge on any atom is 0.337 e. The van der Waals surface area contributed by atoms with E-state index in [0.717, 1.165) is 25.3 Å². The van der Waals surface area contributed by atoms with E-state index in [1.807, 2.05) is 6.92 Å². The molecule has 0 amide bonds. The zero-order chi connectivity index (χ0) is 14.3. The van der Waals surface area contributed by atoms with Crippen molar-refractivity contribution in [2.24, 2.45) is 0 Å².